The van der Waals surface area contributed by atoms with E-state index >= 15 is 0 Å². The van der Waals surface area contributed by atoms with Crippen LogP contribution in [0.3, 0.4) is 0 Å². The average molecular weight is 320 g/mol. The molecule has 2 rings (SSSR count). The van der Waals surface area contributed by atoms with Gasteiger partial charge in [0.15, 0.2) is 5.12 Å². The van der Waals surface area contributed by atoms with Gasteiger partial charge in [-0.15, -0.1) is 0 Å². The molecule has 6 heteroatoms. The molecule has 5 nitrogen and oxygen atoms in total. The molecule has 1 aromatic rings. The first kappa shape index (κ1) is 16.5. The molecule has 0 saturated carbocycles. The van der Waals surface area contributed by atoms with Crippen molar-refractivity contribution >= 4 is 40.1 Å². The zero-order chi connectivity index (χ0) is 16.3. The Morgan fingerprint density at radius 3 is 2.68 bits per heavy atom. The van der Waals surface area contributed by atoms with Gasteiger partial charge in [-0.3, -0.25) is 14.4 Å². The van der Waals surface area contributed by atoms with E-state index in [1.807, 2.05) is 25.1 Å². The van der Waals surface area contributed by atoms with Gasteiger partial charge in [-0.25, -0.2) is 0 Å². The molecule has 1 unspecified atom stereocenters. The molecular formula is C16H20N2O3S. The minimum atomic E-state index is -0.116. The summed E-state index contributed by atoms with van der Waals surface area (Å²) in [7, 11) is 0. The number of amides is 2. The van der Waals surface area contributed by atoms with Crippen molar-refractivity contribution in [2.24, 2.45) is 5.92 Å². The Balaban J connectivity index is 2.08. The third kappa shape index (κ3) is 4.10. The van der Waals surface area contributed by atoms with E-state index in [2.05, 4.69) is 5.32 Å². The number of rotatable bonds is 4. The molecule has 0 radical (unpaired) electrons. The van der Waals surface area contributed by atoms with Gasteiger partial charge in [-0.1, -0.05) is 11.8 Å². The zero-order valence-corrected chi connectivity index (χ0v) is 13.8. The van der Waals surface area contributed by atoms with Crippen LogP contribution in [-0.2, 0) is 14.4 Å². The van der Waals surface area contributed by atoms with Gasteiger partial charge in [0.1, 0.15) is 0 Å². The van der Waals surface area contributed by atoms with Gasteiger partial charge in [-0.05, 0) is 36.6 Å². The second-order valence-corrected chi connectivity index (χ2v) is 6.75. The maximum Gasteiger partial charge on any atom is 0.227 e. The highest BCUT2D eigenvalue weighted by atomic mass is 32.2. The van der Waals surface area contributed by atoms with Crippen LogP contribution in [0.25, 0.3) is 0 Å². The van der Waals surface area contributed by atoms with Crippen molar-refractivity contribution in [3.63, 3.8) is 0 Å². The van der Waals surface area contributed by atoms with Crippen LogP contribution >= 0.6 is 11.8 Å². The van der Waals surface area contributed by atoms with E-state index < -0.39 is 0 Å². The molecule has 1 aliphatic heterocycles. The topological polar surface area (TPSA) is 66.5 Å². The lowest BCUT2D eigenvalue weighted by molar-refractivity contribution is -0.117. The predicted octanol–water partition coefficient (Wildman–Crippen LogP) is 2.59. The van der Waals surface area contributed by atoms with Crippen LogP contribution in [0, 0.1) is 12.8 Å². The maximum atomic E-state index is 12.2. The van der Waals surface area contributed by atoms with E-state index in [1.165, 1.54) is 18.7 Å². The van der Waals surface area contributed by atoms with Crippen LogP contribution in [-0.4, -0.2) is 29.2 Å². The Kier molecular flexibility index (Phi) is 5.24. The molecule has 118 valence electrons. The van der Waals surface area contributed by atoms with Gasteiger partial charge in [0, 0.05) is 43.9 Å². The Morgan fingerprint density at radius 1 is 1.36 bits per heavy atom. The van der Waals surface area contributed by atoms with E-state index in [4.69, 9.17) is 0 Å². The van der Waals surface area contributed by atoms with Gasteiger partial charge >= 0.3 is 0 Å². The Labute approximate surface area is 134 Å². The summed E-state index contributed by atoms with van der Waals surface area (Å²) >= 11 is 1.27. The fourth-order valence-corrected chi connectivity index (χ4v) is 3.22. The Hall–Kier alpha value is -1.82. The number of anilines is 2. The maximum absolute atomic E-state index is 12.2. The van der Waals surface area contributed by atoms with E-state index in [0.717, 1.165) is 16.9 Å². The number of aryl methyl sites for hydroxylation is 1. The molecule has 0 aliphatic carbocycles. The van der Waals surface area contributed by atoms with E-state index in [1.54, 1.807) is 11.8 Å². The lowest BCUT2D eigenvalue weighted by atomic mass is 10.1. The van der Waals surface area contributed by atoms with Crippen LogP contribution in [0.15, 0.2) is 18.2 Å². The molecular weight excluding hydrogens is 300 g/mol. The van der Waals surface area contributed by atoms with Crippen molar-refractivity contribution < 1.29 is 14.4 Å². The van der Waals surface area contributed by atoms with Crippen LogP contribution in [0.5, 0.6) is 0 Å². The molecule has 1 heterocycles. The molecule has 1 saturated heterocycles. The highest BCUT2D eigenvalue weighted by molar-refractivity contribution is 8.13. The molecule has 2 amide bonds. The van der Waals surface area contributed by atoms with E-state index in [9.17, 15) is 14.4 Å². The number of thioether (sulfide) groups is 1. The number of carbonyl (C=O) groups is 3. The summed E-state index contributed by atoms with van der Waals surface area (Å²) in [6.07, 6.45) is 0.479. The fraction of sp³-hybridized carbons (Fsp3) is 0.438. The molecule has 1 aliphatic rings. The second-order valence-electron chi connectivity index (χ2n) is 5.56. The second kappa shape index (κ2) is 6.96. The van der Waals surface area contributed by atoms with Crippen LogP contribution in [0.1, 0.15) is 25.8 Å². The van der Waals surface area contributed by atoms with Gasteiger partial charge in [0.25, 0.3) is 0 Å². The van der Waals surface area contributed by atoms with Crippen molar-refractivity contribution in [3.05, 3.63) is 23.8 Å². The highest BCUT2D eigenvalue weighted by Crippen LogP contribution is 2.29. The van der Waals surface area contributed by atoms with Gasteiger partial charge in [0.2, 0.25) is 11.8 Å². The number of carbonyl (C=O) groups excluding carboxylic acids is 3. The monoisotopic (exact) mass is 320 g/mol. The standard InChI is InChI=1S/C16H20N2O3S/c1-10-6-14(4-5-15(10)17-11(2)19)18-8-13(7-16(18)21)9-22-12(3)20/h4-6,13H,7-9H2,1-3H3,(H,17,19). The van der Waals surface area contributed by atoms with Crippen LogP contribution in [0.4, 0.5) is 11.4 Å². The first-order valence-corrected chi connectivity index (χ1v) is 8.17. The predicted molar refractivity (Wildman–Crippen MR) is 89.1 cm³/mol. The van der Waals surface area contributed by atoms with Crippen molar-refractivity contribution in [1.29, 1.82) is 0 Å². The smallest absolute Gasteiger partial charge is 0.227 e. The molecule has 1 aromatic carbocycles. The summed E-state index contributed by atoms with van der Waals surface area (Å²) < 4.78 is 0. The normalized spacial score (nSPS) is 17.7. The summed E-state index contributed by atoms with van der Waals surface area (Å²) in [4.78, 5) is 36.1. The van der Waals surface area contributed by atoms with Crippen LogP contribution < -0.4 is 10.2 Å². The molecule has 0 bridgehead atoms. The molecule has 1 atom stereocenters. The lowest BCUT2D eigenvalue weighted by Gasteiger charge is -2.18. The Bertz CT molecular complexity index is 615. The lowest BCUT2D eigenvalue weighted by Crippen LogP contribution is -2.25. The first-order valence-electron chi connectivity index (χ1n) is 7.18. The number of hydrogen-bond acceptors (Lipinski definition) is 4. The van der Waals surface area contributed by atoms with Crippen molar-refractivity contribution in [3.8, 4) is 0 Å². The van der Waals surface area contributed by atoms with Crippen molar-refractivity contribution in [2.75, 3.05) is 22.5 Å². The van der Waals surface area contributed by atoms with Gasteiger partial charge in [-0.2, -0.15) is 0 Å². The average Bonchev–Trinajstić information content (AvgIpc) is 2.79. The number of nitrogens with zero attached hydrogens (tertiary/aromatic N) is 1. The molecule has 1 N–H and O–H groups in total. The largest absolute Gasteiger partial charge is 0.326 e. The third-order valence-corrected chi connectivity index (χ3v) is 4.60. The van der Waals surface area contributed by atoms with Crippen molar-refractivity contribution in [1.82, 2.24) is 0 Å². The summed E-state index contributed by atoms with van der Waals surface area (Å²) in [5.74, 6) is 0.854. The number of hydrogen-bond donors (Lipinski definition) is 1. The minimum absolute atomic E-state index is 0.0841. The molecule has 1 fully saturated rings. The quantitative estimate of drug-likeness (QED) is 0.926. The van der Waals surface area contributed by atoms with Crippen LogP contribution in [0.2, 0.25) is 0 Å². The summed E-state index contributed by atoms with van der Waals surface area (Å²) in [5, 5.41) is 2.85. The van der Waals surface area contributed by atoms with E-state index in [-0.39, 0.29) is 22.8 Å². The van der Waals surface area contributed by atoms with Gasteiger partial charge in [0.05, 0.1) is 0 Å². The summed E-state index contributed by atoms with van der Waals surface area (Å²) in [6.45, 7) is 5.55. The summed E-state index contributed by atoms with van der Waals surface area (Å²) in [6, 6.07) is 5.57. The van der Waals surface area contributed by atoms with Gasteiger partial charge < -0.3 is 10.2 Å². The fourth-order valence-electron chi connectivity index (χ4n) is 2.52. The number of nitrogens with one attached hydrogen (secondary N) is 1. The molecule has 0 aromatic heterocycles. The van der Waals surface area contributed by atoms with E-state index in [0.29, 0.717) is 18.7 Å². The SMILES string of the molecule is CC(=O)Nc1ccc(N2CC(CSC(C)=O)CC2=O)cc1C. The third-order valence-electron chi connectivity index (χ3n) is 3.56. The van der Waals surface area contributed by atoms with Crippen molar-refractivity contribution in [2.45, 2.75) is 27.2 Å². The highest BCUT2D eigenvalue weighted by Gasteiger charge is 2.30. The minimum Gasteiger partial charge on any atom is -0.326 e. The summed E-state index contributed by atoms with van der Waals surface area (Å²) in [5.41, 5.74) is 2.51. The molecule has 22 heavy (non-hydrogen) atoms. The zero-order valence-electron chi connectivity index (χ0n) is 13.0. The molecule has 0 spiro atoms. The number of benzene rings is 1. The first-order chi connectivity index (χ1) is 10.4. The Morgan fingerprint density at radius 2 is 2.09 bits per heavy atom.